The number of benzene rings is 3. The van der Waals surface area contributed by atoms with Crippen LogP contribution in [0.3, 0.4) is 0 Å². The molecule has 0 bridgehead atoms. The van der Waals surface area contributed by atoms with E-state index in [0.717, 1.165) is 0 Å². The summed E-state index contributed by atoms with van der Waals surface area (Å²) in [5.74, 6) is 0.402. The lowest BCUT2D eigenvalue weighted by atomic mass is 10.2. The Morgan fingerprint density at radius 3 is 2.31 bits per heavy atom. The maximum Gasteiger partial charge on any atom is 0.297 e. The second-order valence-corrected chi connectivity index (χ2v) is 7.33. The Labute approximate surface area is 183 Å². The zero-order valence-electron chi connectivity index (χ0n) is 17.1. The van der Waals surface area contributed by atoms with Crippen molar-refractivity contribution in [3.8, 4) is 17.1 Å². The average molecular weight is 422 g/mol. The average Bonchev–Trinajstić information content (AvgIpc) is 3.08. The second kappa shape index (κ2) is 7.63. The Hall–Kier alpha value is -4.52. The van der Waals surface area contributed by atoms with Crippen LogP contribution in [0.25, 0.3) is 28.4 Å². The highest BCUT2D eigenvalue weighted by molar-refractivity contribution is 6.23. The van der Waals surface area contributed by atoms with Crippen LogP contribution in [0.15, 0.2) is 94.3 Å². The maximum absolute atomic E-state index is 13.5. The Morgan fingerprint density at radius 1 is 0.875 bits per heavy atom. The third kappa shape index (κ3) is 3.26. The molecule has 1 aliphatic rings. The molecule has 0 saturated heterocycles. The number of aromatic hydroxyl groups is 1. The minimum Gasteiger partial charge on any atom is -0.508 e. The molecule has 32 heavy (non-hydrogen) atoms. The standard InChI is InChI=1S/C25H18N4O3/c1-16-26-22(15-17-11-13-19(30)14-12-17)25(32)28(16)29-23(18-7-3-2-4-8-18)27-21-10-6-5-9-20(21)24(29)31/h2-15,30H,1H3. The van der Waals surface area contributed by atoms with Crippen molar-refractivity contribution in [2.24, 2.45) is 4.99 Å². The van der Waals surface area contributed by atoms with Crippen LogP contribution in [0.1, 0.15) is 12.5 Å². The zero-order valence-corrected chi connectivity index (χ0v) is 17.1. The van der Waals surface area contributed by atoms with Crippen molar-refractivity contribution in [1.29, 1.82) is 0 Å². The number of carbonyl (C=O) groups excluding carboxylic acids is 1. The Bertz CT molecular complexity index is 1470. The number of nitrogens with zero attached hydrogens (tertiary/aromatic N) is 4. The highest BCUT2D eigenvalue weighted by atomic mass is 16.3. The molecule has 0 spiro atoms. The number of carbonyl (C=O) groups is 1. The van der Waals surface area contributed by atoms with Gasteiger partial charge in [-0.3, -0.25) is 9.59 Å². The molecule has 0 atom stereocenters. The number of para-hydroxylation sites is 1. The predicted molar refractivity (Wildman–Crippen MR) is 124 cm³/mol. The van der Waals surface area contributed by atoms with E-state index in [9.17, 15) is 14.7 Å². The van der Waals surface area contributed by atoms with E-state index in [-0.39, 0.29) is 17.0 Å². The third-order valence-electron chi connectivity index (χ3n) is 5.18. The van der Waals surface area contributed by atoms with Gasteiger partial charge in [0.25, 0.3) is 11.5 Å². The van der Waals surface area contributed by atoms with Crippen LogP contribution >= 0.6 is 0 Å². The lowest BCUT2D eigenvalue weighted by molar-refractivity contribution is -0.115. The number of phenolic OH excluding ortho intramolecular Hbond substituents is 1. The summed E-state index contributed by atoms with van der Waals surface area (Å²) in [6.45, 7) is 1.67. The maximum atomic E-state index is 13.5. The molecule has 0 fully saturated rings. The van der Waals surface area contributed by atoms with Crippen LogP contribution in [0, 0.1) is 0 Å². The quantitative estimate of drug-likeness (QED) is 0.510. The van der Waals surface area contributed by atoms with Gasteiger partial charge in [-0.05, 0) is 42.8 Å². The molecule has 156 valence electrons. The van der Waals surface area contributed by atoms with Crippen LogP contribution in [0.2, 0.25) is 0 Å². The van der Waals surface area contributed by atoms with Gasteiger partial charge in [-0.15, -0.1) is 0 Å². The molecular weight excluding hydrogens is 404 g/mol. The number of phenols is 1. The van der Waals surface area contributed by atoms with Gasteiger partial charge in [-0.1, -0.05) is 54.6 Å². The normalized spacial score (nSPS) is 14.9. The smallest absolute Gasteiger partial charge is 0.297 e. The number of aliphatic imine (C=N–C) groups is 1. The fraction of sp³-hybridized carbons (Fsp3) is 0.0400. The van der Waals surface area contributed by atoms with E-state index in [1.165, 1.54) is 21.8 Å². The van der Waals surface area contributed by atoms with Crippen molar-refractivity contribution in [1.82, 2.24) is 9.66 Å². The Morgan fingerprint density at radius 2 is 1.56 bits per heavy atom. The Kier molecular flexibility index (Phi) is 4.63. The number of amides is 1. The second-order valence-electron chi connectivity index (χ2n) is 7.33. The lowest BCUT2D eigenvalue weighted by Gasteiger charge is -2.22. The molecule has 4 aromatic rings. The van der Waals surface area contributed by atoms with E-state index < -0.39 is 5.91 Å². The Balaban J connectivity index is 1.70. The summed E-state index contributed by atoms with van der Waals surface area (Å²) < 4.78 is 1.29. The van der Waals surface area contributed by atoms with E-state index in [4.69, 9.17) is 4.98 Å². The van der Waals surface area contributed by atoms with Crippen LogP contribution in [0.4, 0.5) is 0 Å². The highest BCUT2D eigenvalue weighted by Gasteiger charge is 2.32. The summed E-state index contributed by atoms with van der Waals surface area (Å²) in [4.78, 5) is 36.0. The number of amidine groups is 1. The van der Waals surface area contributed by atoms with Gasteiger partial charge in [0.15, 0.2) is 5.82 Å². The van der Waals surface area contributed by atoms with Gasteiger partial charge in [0.05, 0.1) is 10.9 Å². The molecule has 1 aromatic heterocycles. The summed E-state index contributed by atoms with van der Waals surface area (Å²) in [6.07, 6.45) is 1.62. The summed E-state index contributed by atoms with van der Waals surface area (Å²) in [7, 11) is 0. The number of aromatic nitrogens is 2. The molecule has 7 nitrogen and oxygen atoms in total. The van der Waals surface area contributed by atoms with E-state index in [2.05, 4.69) is 4.99 Å². The molecule has 0 aliphatic carbocycles. The summed E-state index contributed by atoms with van der Waals surface area (Å²) >= 11 is 0. The highest BCUT2D eigenvalue weighted by Crippen LogP contribution is 2.23. The van der Waals surface area contributed by atoms with Crippen LogP contribution in [-0.4, -0.2) is 26.5 Å². The minimum absolute atomic E-state index is 0.132. The first-order valence-corrected chi connectivity index (χ1v) is 10.0. The van der Waals surface area contributed by atoms with E-state index >= 15 is 0 Å². The largest absolute Gasteiger partial charge is 0.508 e. The van der Waals surface area contributed by atoms with Gasteiger partial charge in [-0.2, -0.15) is 9.69 Å². The first-order valence-electron chi connectivity index (χ1n) is 10.0. The third-order valence-corrected chi connectivity index (χ3v) is 5.18. The van der Waals surface area contributed by atoms with Gasteiger partial charge < -0.3 is 5.11 Å². The monoisotopic (exact) mass is 422 g/mol. The van der Waals surface area contributed by atoms with E-state index in [1.54, 1.807) is 43.3 Å². The van der Waals surface area contributed by atoms with Crippen molar-refractivity contribution in [2.75, 3.05) is 5.01 Å². The minimum atomic E-state index is -0.438. The zero-order chi connectivity index (χ0) is 22.2. The molecule has 2 heterocycles. The van der Waals surface area contributed by atoms with Crippen molar-refractivity contribution in [2.45, 2.75) is 6.92 Å². The molecule has 1 N–H and O–H groups in total. The van der Waals surface area contributed by atoms with Gasteiger partial charge in [0, 0.05) is 5.56 Å². The summed E-state index contributed by atoms with van der Waals surface area (Å²) in [6, 6.07) is 22.7. The number of fused-ring (bicyclic) bond motifs is 1. The molecule has 3 aromatic carbocycles. The van der Waals surface area contributed by atoms with Gasteiger partial charge >= 0.3 is 0 Å². The molecule has 7 heteroatoms. The molecule has 0 unspecified atom stereocenters. The van der Waals surface area contributed by atoms with Gasteiger partial charge in [-0.25, -0.2) is 9.98 Å². The fourth-order valence-electron chi connectivity index (χ4n) is 3.67. The van der Waals surface area contributed by atoms with Gasteiger partial charge in [0.1, 0.15) is 17.3 Å². The number of hydrogen-bond acceptors (Lipinski definition) is 5. The van der Waals surface area contributed by atoms with Crippen LogP contribution in [-0.2, 0) is 4.79 Å². The fourth-order valence-corrected chi connectivity index (χ4v) is 3.67. The molecule has 1 aliphatic heterocycles. The molecule has 0 radical (unpaired) electrons. The number of rotatable bonds is 3. The van der Waals surface area contributed by atoms with Crippen molar-refractivity contribution in [3.63, 3.8) is 0 Å². The predicted octanol–water partition coefficient (Wildman–Crippen LogP) is 3.71. The van der Waals surface area contributed by atoms with E-state index in [1.807, 2.05) is 36.4 Å². The van der Waals surface area contributed by atoms with Crippen molar-refractivity contribution in [3.05, 3.63) is 100 Å². The van der Waals surface area contributed by atoms with E-state index in [0.29, 0.717) is 33.7 Å². The first kappa shape index (κ1) is 19.4. The molecule has 0 saturated carbocycles. The van der Waals surface area contributed by atoms with Crippen molar-refractivity contribution < 1.29 is 9.90 Å². The summed E-state index contributed by atoms with van der Waals surface area (Å²) in [5, 5.41) is 11.2. The SMILES string of the molecule is CC1=NC(=Cc2ccc(O)cc2)C(=O)N1n1c(-c2ccccc2)nc2ccccc2c1=O. The number of hydrogen-bond donors (Lipinski definition) is 1. The molecule has 5 rings (SSSR count). The summed E-state index contributed by atoms with van der Waals surface area (Å²) in [5.41, 5.74) is 1.79. The van der Waals surface area contributed by atoms with Crippen LogP contribution < -0.4 is 10.6 Å². The lowest BCUT2D eigenvalue weighted by Crippen LogP contribution is -2.47. The first-order chi connectivity index (χ1) is 15.5. The molecule has 1 amide bonds. The van der Waals surface area contributed by atoms with Crippen molar-refractivity contribution >= 4 is 28.7 Å². The topological polar surface area (TPSA) is 87.8 Å². The molecular formula is C25H18N4O3. The van der Waals surface area contributed by atoms with Gasteiger partial charge in [0.2, 0.25) is 0 Å². The van der Waals surface area contributed by atoms with Crippen LogP contribution in [0.5, 0.6) is 5.75 Å².